The maximum Gasteiger partial charge on any atom is 0.271 e. The molecular formula is C10H14ClN3OS. The topological polar surface area (TPSA) is 54.9 Å². The van der Waals surface area contributed by atoms with E-state index in [1.807, 2.05) is 6.26 Å². The molecule has 0 aromatic carbocycles. The highest BCUT2D eigenvalue weighted by atomic mass is 35.5. The summed E-state index contributed by atoms with van der Waals surface area (Å²) < 4.78 is 0.00944. The lowest BCUT2D eigenvalue weighted by Gasteiger charge is -2.21. The molecule has 1 aromatic rings. The first kappa shape index (κ1) is 13.3. The van der Waals surface area contributed by atoms with Crippen molar-refractivity contribution < 1.29 is 4.79 Å². The van der Waals surface area contributed by atoms with Crippen LogP contribution in [-0.4, -0.2) is 33.7 Å². The van der Waals surface area contributed by atoms with E-state index in [2.05, 4.69) is 29.4 Å². The van der Waals surface area contributed by atoms with Crippen molar-refractivity contribution in [1.82, 2.24) is 15.5 Å². The van der Waals surface area contributed by atoms with Crippen LogP contribution in [0.3, 0.4) is 0 Å². The van der Waals surface area contributed by atoms with E-state index in [-0.39, 0.29) is 21.5 Å². The Labute approximate surface area is 104 Å². The van der Waals surface area contributed by atoms with E-state index in [0.29, 0.717) is 6.54 Å². The van der Waals surface area contributed by atoms with Crippen molar-refractivity contribution in [3.05, 3.63) is 23.0 Å². The first-order chi connectivity index (χ1) is 7.44. The average molecular weight is 260 g/mol. The third-order valence-corrected chi connectivity index (χ3v) is 3.54. The number of carbonyl (C=O) groups excluding carboxylic acids is 1. The molecular weight excluding hydrogens is 246 g/mol. The van der Waals surface area contributed by atoms with Crippen LogP contribution in [0.15, 0.2) is 12.1 Å². The van der Waals surface area contributed by atoms with Gasteiger partial charge in [-0.25, -0.2) is 0 Å². The quantitative estimate of drug-likeness (QED) is 0.899. The third-order valence-electron chi connectivity index (χ3n) is 2.09. The van der Waals surface area contributed by atoms with E-state index in [1.165, 1.54) is 0 Å². The fraction of sp³-hybridized carbons (Fsp3) is 0.500. The molecule has 0 saturated carbocycles. The zero-order valence-corrected chi connectivity index (χ0v) is 11.0. The molecule has 0 fully saturated rings. The summed E-state index contributed by atoms with van der Waals surface area (Å²) in [5.41, 5.74) is 0.279. The van der Waals surface area contributed by atoms with Crippen molar-refractivity contribution in [3.8, 4) is 0 Å². The second kappa shape index (κ2) is 5.50. The molecule has 1 rings (SSSR count). The van der Waals surface area contributed by atoms with Crippen LogP contribution in [0, 0.1) is 0 Å². The van der Waals surface area contributed by atoms with E-state index in [1.54, 1.807) is 23.9 Å². The molecule has 1 amide bonds. The van der Waals surface area contributed by atoms with E-state index < -0.39 is 0 Å². The summed E-state index contributed by atoms with van der Waals surface area (Å²) >= 11 is 7.27. The minimum absolute atomic E-state index is 0.00944. The van der Waals surface area contributed by atoms with E-state index >= 15 is 0 Å². The maximum absolute atomic E-state index is 11.7. The highest BCUT2D eigenvalue weighted by molar-refractivity contribution is 7.99. The standard InChI is InChI=1S/C10H14ClN3OS/c1-10(2,16-3)6-12-9(15)7-4-5-8(11)14-13-7/h4-5H,6H2,1-3H3,(H,12,15). The molecule has 0 saturated heterocycles. The molecule has 1 N–H and O–H groups in total. The Morgan fingerprint density at radius 2 is 2.19 bits per heavy atom. The average Bonchev–Trinajstić information content (AvgIpc) is 2.27. The third kappa shape index (κ3) is 3.98. The minimum atomic E-state index is -0.230. The number of carbonyl (C=O) groups is 1. The van der Waals surface area contributed by atoms with Gasteiger partial charge in [0.15, 0.2) is 10.8 Å². The summed E-state index contributed by atoms with van der Waals surface area (Å²) in [5.74, 6) is -0.230. The second-order valence-electron chi connectivity index (χ2n) is 3.89. The lowest BCUT2D eigenvalue weighted by molar-refractivity contribution is 0.0945. The smallest absolute Gasteiger partial charge is 0.271 e. The normalized spacial score (nSPS) is 11.2. The lowest BCUT2D eigenvalue weighted by Crippen LogP contribution is -2.36. The van der Waals surface area contributed by atoms with Crippen molar-refractivity contribution in [1.29, 1.82) is 0 Å². The van der Waals surface area contributed by atoms with E-state index in [4.69, 9.17) is 11.6 Å². The number of halogens is 1. The molecule has 0 atom stereocenters. The van der Waals surface area contributed by atoms with Crippen LogP contribution in [0.2, 0.25) is 5.15 Å². The Morgan fingerprint density at radius 3 is 2.69 bits per heavy atom. The molecule has 6 heteroatoms. The van der Waals surface area contributed by atoms with Gasteiger partial charge in [0, 0.05) is 11.3 Å². The lowest BCUT2D eigenvalue weighted by atomic mass is 10.2. The molecule has 0 aliphatic heterocycles. The summed E-state index contributed by atoms with van der Waals surface area (Å²) in [6.07, 6.45) is 2.01. The predicted molar refractivity (Wildman–Crippen MR) is 67.0 cm³/mol. The number of hydrogen-bond donors (Lipinski definition) is 1. The first-order valence-corrected chi connectivity index (χ1v) is 6.37. The SMILES string of the molecule is CSC(C)(C)CNC(=O)c1ccc(Cl)nn1. The molecule has 0 aliphatic rings. The fourth-order valence-corrected chi connectivity index (χ4v) is 1.21. The van der Waals surface area contributed by atoms with Crippen molar-refractivity contribution >= 4 is 29.3 Å². The van der Waals surface area contributed by atoms with Gasteiger partial charge in [0.05, 0.1) is 0 Å². The van der Waals surface area contributed by atoms with Crippen molar-refractivity contribution in [2.75, 3.05) is 12.8 Å². The Hall–Kier alpha value is -0.810. The first-order valence-electron chi connectivity index (χ1n) is 4.77. The largest absolute Gasteiger partial charge is 0.349 e. The van der Waals surface area contributed by atoms with E-state index in [9.17, 15) is 4.79 Å². The van der Waals surface area contributed by atoms with Gasteiger partial charge in [-0.15, -0.1) is 10.2 Å². The van der Waals surface area contributed by atoms with Crippen LogP contribution >= 0.6 is 23.4 Å². The molecule has 0 aliphatic carbocycles. The minimum Gasteiger partial charge on any atom is -0.349 e. The molecule has 1 heterocycles. The van der Waals surface area contributed by atoms with Crippen molar-refractivity contribution in [2.45, 2.75) is 18.6 Å². The number of rotatable bonds is 4. The number of amides is 1. The van der Waals surface area contributed by atoms with Crippen molar-refractivity contribution in [2.24, 2.45) is 0 Å². The summed E-state index contributed by atoms with van der Waals surface area (Å²) in [4.78, 5) is 11.7. The van der Waals surface area contributed by atoms with Gasteiger partial charge in [0.1, 0.15) is 0 Å². The van der Waals surface area contributed by atoms with Gasteiger partial charge in [-0.1, -0.05) is 11.6 Å². The fourth-order valence-electron chi connectivity index (χ4n) is 0.893. The second-order valence-corrected chi connectivity index (χ2v) is 5.79. The highest BCUT2D eigenvalue weighted by Gasteiger charge is 2.18. The van der Waals surface area contributed by atoms with Gasteiger partial charge in [0.2, 0.25) is 0 Å². The van der Waals surface area contributed by atoms with Crippen LogP contribution in [0.5, 0.6) is 0 Å². The molecule has 0 spiro atoms. The monoisotopic (exact) mass is 259 g/mol. The maximum atomic E-state index is 11.7. The number of nitrogens with zero attached hydrogens (tertiary/aromatic N) is 2. The molecule has 1 aromatic heterocycles. The summed E-state index contributed by atoms with van der Waals surface area (Å²) in [7, 11) is 0. The molecule has 16 heavy (non-hydrogen) atoms. The van der Waals surface area contributed by atoms with E-state index in [0.717, 1.165) is 0 Å². The van der Waals surface area contributed by atoms with Crippen LogP contribution in [-0.2, 0) is 0 Å². The molecule has 88 valence electrons. The number of thioether (sulfide) groups is 1. The van der Waals surface area contributed by atoms with Gasteiger partial charge in [-0.3, -0.25) is 4.79 Å². The Morgan fingerprint density at radius 1 is 1.50 bits per heavy atom. The van der Waals surface area contributed by atoms with Crippen LogP contribution in [0.4, 0.5) is 0 Å². The highest BCUT2D eigenvalue weighted by Crippen LogP contribution is 2.19. The molecule has 4 nitrogen and oxygen atoms in total. The van der Waals surface area contributed by atoms with Crippen molar-refractivity contribution in [3.63, 3.8) is 0 Å². The summed E-state index contributed by atoms with van der Waals surface area (Å²) in [5, 5.41) is 10.4. The number of aromatic nitrogens is 2. The number of hydrogen-bond acceptors (Lipinski definition) is 4. The molecule has 0 bridgehead atoms. The van der Waals surface area contributed by atoms with Gasteiger partial charge < -0.3 is 5.32 Å². The Balaban J connectivity index is 2.56. The Kier molecular flexibility index (Phi) is 4.56. The predicted octanol–water partition coefficient (Wildman–Crippen LogP) is 2.00. The zero-order valence-electron chi connectivity index (χ0n) is 9.45. The molecule has 0 unspecified atom stereocenters. The van der Waals surface area contributed by atoms with Gasteiger partial charge in [-0.05, 0) is 32.2 Å². The molecule has 0 radical (unpaired) electrons. The van der Waals surface area contributed by atoms with Crippen LogP contribution < -0.4 is 5.32 Å². The van der Waals surface area contributed by atoms with Crippen LogP contribution in [0.25, 0.3) is 0 Å². The van der Waals surface area contributed by atoms with Gasteiger partial charge in [-0.2, -0.15) is 11.8 Å². The van der Waals surface area contributed by atoms with Gasteiger partial charge >= 0.3 is 0 Å². The Bertz CT molecular complexity index is 367. The zero-order chi connectivity index (χ0) is 12.2. The van der Waals surface area contributed by atoms with Gasteiger partial charge in [0.25, 0.3) is 5.91 Å². The summed E-state index contributed by atoms with van der Waals surface area (Å²) in [6.45, 7) is 4.70. The number of nitrogens with one attached hydrogen (secondary N) is 1. The summed E-state index contributed by atoms with van der Waals surface area (Å²) in [6, 6.07) is 3.10. The van der Waals surface area contributed by atoms with Crippen LogP contribution in [0.1, 0.15) is 24.3 Å².